The van der Waals surface area contributed by atoms with Crippen LogP contribution >= 0.6 is 69.8 Å². The van der Waals surface area contributed by atoms with Gasteiger partial charge in [0, 0.05) is 0 Å². The van der Waals surface area contributed by atoms with Crippen molar-refractivity contribution in [1.29, 1.82) is 0 Å². The number of alkyl halides is 3. The second kappa shape index (κ2) is 2.77. The average Bonchev–Trinajstić information content (AvgIpc) is 2.23. The Balaban J connectivity index is 2.45. The fourth-order valence-corrected chi connectivity index (χ4v) is 3.95. The second-order valence-corrected chi connectivity index (χ2v) is 6.70. The molecule has 0 aliphatic carbocycles. The van der Waals surface area contributed by atoms with Crippen LogP contribution in [0.25, 0.3) is 0 Å². The summed E-state index contributed by atoms with van der Waals surface area (Å²) in [5, 5.41) is 0.0728. The first-order chi connectivity index (χ1) is 5.82. The molecule has 2 aliphatic rings. The van der Waals surface area contributed by atoms with Crippen molar-refractivity contribution in [3.63, 3.8) is 0 Å². The van der Waals surface area contributed by atoms with Gasteiger partial charge in [0.05, 0.1) is 0 Å². The van der Waals surface area contributed by atoms with E-state index in [0.29, 0.717) is 0 Å². The number of carbonyl (C=O) groups excluding carboxylic acids is 1. The molecule has 1 atom stereocenters. The van der Waals surface area contributed by atoms with Crippen LogP contribution in [-0.4, -0.2) is 19.5 Å². The van der Waals surface area contributed by atoms with Crippen molar-refractivity contribution in [2.75, 3.05) is 0 Å². The molecule has 2 nitrogen and oxygen atoms in total. The number of hydrogen-bond donors (Lipinski definition) is 0. The molecule has 0 saturated carbocycles. The summed E-state index contributed by atoms with van der Waals surface area (Å²) in [7, 11) is 0. The van der Waals surface area contributed by atoms with Crippen molar-refractivity contribution in [1.82, 2.24) is 4.90 Å². The Labute approximate surface area is 103 Å². The number of carbonyl (C=O) groups is 1. The van der Waals surface area contributed by atoms with Gasteiger partial charge in [-0.1, -0.05) is 69.8 Å². The van der Waals surface area contributed by atoms with E-state index in [9.17, 15) is 4.79 Å². The zero-order valence-electron chi connectivity index (χ0n) is 5.65. The van der Waals surface area contributed by atoms with Gasteiger partial charge in [-0.05, 0) is 0 Å². The third-order valence-electron chi connectivity index (χ3n) is 1.73. The Morgan fingerprint density at radius 1 is 1.23 bits per heavy atom. The van der Waals surface area contributed by atoms with Gasteiger partial charge in [-0.15, -0.1) is 0 Å². The van der Waals surface area contributed by atoms with Crippen LogP contribution in [0.5, 0.6) is 0 Å². The summed E-state index contributed by atoms with van der Waals surface area (Å²) in [5.74, 6) is -0.556. The summed E-state index contributed by atoms with van der Waals surface area (Å²) in [6.07, 6.45) is 0. The molecule has 0 bridgehead atoms. The molecule has 0 aromatic rings. The average molecular weight is 299 g/mol. The molecule has 72 valence electrons. The highest BCUT2D eigenvalue weighted by atomic mass is 35.5. The molecule has 0 aromatic heterocycles. The highest BCUT2D eigenvalue weighted by Crippen LogP contribution is 2.67. The monoisotopic (exact) mass is 297 g/mol. The van der Waals surface area contributed by atoms with Crippen LogP contribution in [0, 0.1) is 0 Å². The smallest absolute Gasteiger partial charge is 0.271 e. The first kappa shape index (κ1) is 10.5. The normalized spacial score (nSPS) is 36.4. The highest BCUT2D eigenvalue weighted by molar-refractivity contribution is 8.07. The van der Waals surface area contributed by atoms with E-state index in [1.807, 2.05) is 0 Å². The number of thioether (sulfide) groups is 1. The second-order valence-electron chi connectivity index (χ2n) is 2.44. The van der Waals surface area contributed by atoms with Gasteiger partial charge in [0.2, 0.25) is 8.66 Å². The molecule has 2 rings (SSSR count). The van der Waals surface area contributed by atoms with E-state index in [1.165, 1.54) is 0 Å². The zero-order valence-corrected chi connectivity index (χ0v) is 10.2. The summed E-state index contributed by atoms with van der Waals surface area (Å²) in [6.45, 7) is 0. The molecular weight excluding hydrogens is 299 g/mol. The van der Waals surface area contributed by atoms with E-state index in [-0.39, 0.29) is 9.52 Å². The van der Waals surface area contributed by atoms with Gasteiger partial charge in [0.25, 0.3) is 5.91 Å². The molecule has 1 amide bonds. The van der Waals surface area contributed by atoms with E-state index >= 15 is 0 Å². The van der Waals surface area contributed by atoms with Crippen LogP contribution in [0.3, 0.4) is 0 Å². The minimum absolute atomic E-state index is 0.0728. The molecular formula is C5Cl5NOS. The van der Waals surface area contributed by atoms with Crippen molar-refractivity contribution in [2.45, 2.75) is 8.66 Å². The van der Waals surface area contributed by atoms with E-state index in [1.54, 1.807) is 0 Å². The molecule has 0 unspecified atom stereocenters. The number of hydrogen-bond acceptors (Lipinski definition) is 2. The van der Waals surface area contributed by atoms with Crippen LogP contribution in [0.2, 0.25) is 0 Å². The third-order valence-corrected chi connectivity index (χ3v) is 5.81. The maximum Gasteiger partial charge on any atom is 0.271 e. The predicted molar refractivity (Wildman–Crippen MR) is 56.2 cm³/mol. The number of amides is 1. The van der Waals surface area contributed by atoms with Crippen molar-refractivity contribution < 1.29 is 4.79 Å². The zero-order chi connectivity index (χ0) is 10.0. The first-order valence-corrected chi connectivity index (χ1v) is 5.68. The molecule has 1 fully saturated rings. The van der Waals surface area contributed by atoms with Crippen molar-refractivity contribution in [3.05, 3.63) is 9.52 Å². The standard InChI is InChI=1S/C5Cl5NOS/c6-1-2(7)13-5(10)4(8,9)3(12)11(1)5/t5-/m0/s1. The number of rotatable bonds is 0. The molecule has 13 heavy (non-hydrogen) atoms. The van der Waals surface area contributed by atoms with E-state index < -0.39 is 14.6 Å². The largest absolute Gasteiger partial charge is 0.271 e. The first-order valence-electron chi connectivity index (χ1n) is 2.98. The lowest BCUT2D eigenvalue weighted by Crippen LogP contribution is -2.70. The SMILES string of the molecule is O=C1N2C(Cl)=C(Cl)S[C@]2(Cl)C1(Cl)Cl. The van der Waals surface area contributed by atoms with Gasteiger partial charge < -0.3 is 0 Å². The van der Waals surface area contributed by atoms with Crippen molar-refractivity contribution >= 4 is 75.7 Å². The minimum atomic E-state index is -1.67. The van der Waals surface area contributed by atoms with Gasteiger partial charge in [0.1, 0.15) is 9.52 Å². The fraction of sp³-hybridized carbons (Fsp3) is 0.400. The highest BCUT2D eigenvalue weighted by Gasteiger charge is 2.75. The van der Waals surface area contributed by atoms with Gasteiger partial charge in [0.15, 0.2) is 0 Å². The van der Waals surface area contributed by atoms with E-state index in [4.69, 9.17) is 58.0 Å². The molecule has 0 aromatic carbocycles. The van der Waals surface area contributed by atoms with Crippen LogP contribution in [-0.2, 0) is 4.79 Å². The van der Waals surface area contributed by atoms with E-state index in [2.05, 4.69) is 0 Å². The van der Waals surface area contributed by atoms with Crippen LogP contribution in [0.15, 0.2) is 9.52 Å². The molecule has 2 aliphatic heterocycles. The maximum absolute atomic E-state index is 11.3. The lowest BCUT2D eigenvalue weighted by atomic mass is 10.2. The Bertz CT molecular complexity index is 342. The molecule has 0 N–H and O–H groups in total. The van der Waals surface area contributed by atoms with Crippen LogP contribution in [0.1, 0.15) is 0 Å². The lowest BCUT2D eigenvalue weighted by molar-refractivity contribution is -0.140. The minimum Gasteiger partial charge on any atom is -0.271 e. The van der Waals surface area contributed by atoms with Crippen LogP contribution in [0.4, 0.5) is 0 Å². The topological polar surface area (TPSA) is 20.3 Å². The number of nitrogens with zero attached hydrogens (tertiary/aromatic N) is 1. The number of β-lactam (4-membered cyclic amide) rings is 1. The van der Waals surface area contributed by atoms with E-state index in [0.717, 1.165) is 16.7 Å². The molecule has 0 spiro atoms. The Morgan fingerprint density at radius 3 is 2.23 bits per heavy atom. The maximum atomic E-state index is 11.3. The van der Waals surface area contributed by atoms with Crippen molar-refractivity contribution in [3.8, 4) is 0 Å². The van der Waals surface area contributed by atoms with Gasteiger partial charge in [-0.25, -0.2) is 0 Å². The summed E-state index contributed by atoms with van der Waals surface area (Å²) < 4.78 is -2.75. The molecule has 1 saturated heterocycles. The fourth-order valence-electron chi connectivity index (χ4n) is 1.06. The van der Waals surface area contributed by atoms with Gasteiger partial charge in [-0.3, -0.25) is 9.69 Å². The quantitative estimate of drug-likeness (QED) is 0.389. The Morgan fingerprint density at radius 2 is 1.77 bits per heavy atom. The molecule has 2 heterocycles. The summed E-state index contributed by atoms with van der Waals surface area (Å²) >= 11 is 29.7. The van der Waals surface area contributed by atoms with Gasteiger partial charge >= 0.3 is 0 Å². The predicted octanol–water partition coefficient (Wildman–Crippen LogP) is 3.25. The number of fused-ring (bicyclic) bond motifs is 1. The lowest BCUT2D eigenvalue weighted by Gasteiger charge is -2.50. The summed E-state index contributed by atoms with van der Waals surface area (Å²) in [4.78, 5) is 12.4. The Hall–Kier alpha value is 1.01. The third kappa shape index (κ3) is 1.04. The molecule has 0 radical (unpaired) electrons. The van der Waals surface area contributed by atoms with Crippen molar-refractivity contribution in [2.24, 2.45) is 0 Å². The van der Waals surface area contributed by atoms with Crippen LogP contribution < -0.4 is 0 Å². The Kier molecular flexibility index (Phi) is 2.25. The summed E-state index contributed by atoms with van der Waals surface area (Å²) in [6, 6.07) is 0. The molecule has 8 heteroatoms. The summed E-state index contributed by atoms with van der Waals surface area (Å²) in [5.41, 5.74) is 0. The van der Waals surface area contributed by atoms with Gasteiger partial charge in [-0.2, -0.15) is 0 Å². The number of halogens is 5.